The number of amides is 2. The topological polar surface area (TPSA) is 63.4 Å². The average Bonchev–Trinajstić information content (AvgIpc) is 2.44. The molecule has 0 unspecified atom stereocenters. The Morgan fingerprint density at radius 3 is 2.20 bits per heavy atom. The molecule has 2 amide bonds. The third-order valence-corrected chi connectivity index (χ3v) is 2.15. The predicted molar refractivity (Wildman–Crippen MR) is 57.2 cm³/mol. The molecule has 1 aliphatic rings. The minimum Gasteiger partial charge on any atom is -0.399 e. The molecule has 4 nitrogen and oxygen atoms in total. The number of nitrogen functional groups attached to an aromatic ring is 1. The van der Waals surface area contributed by atoms with Gasteiger partial charge in [-0.25, -0.2) is 4.90 Å². The van der Waals surface area contributed by atoms with Gasteiger partial charge in [-0.15, -0.1) is 0 Å². The van der Waals surface area contributed by atoms with E-state index in [1.54, 1.807) is 18.2 Å². The van der Waals surface area contributed by atoms with Crippen molar-refractivity contribution in [2.45, 2.75) is 6.92 Å². The molecule has 0 spiro atoms. The zero-order valence-electron chi connectivity index (χ0n) is 8.23. The van der Waals surface area contributed by atoms with Gasteiger partial charge in [0.2, 0.25) is 0 Å². The molecule has 0 bridgehead atoms. The van der Waals surface area contributed by atoms with Crippen LogP contribution in [0.5, 0.6) is 0 Å². The number of imide groups is 1. The van der Waals surface area contributed by atoms with Gasteiger partial charge in [-0.3, -0.25) is 9.59 Å². The predicted octanol–water partition coefficient (Wildman–Crippen LogP) is 1.01. The van der Waals surface area contributed by atoms with Crippen molar-refractivity contribution in [2.24, 2.45) is 0 Å². The highest BCUT2D eigenvalue weighted by molar-refractivity contribution is 6.28. The number of hydrogen-bond acceptors (Lipinski definition) is 3. The number of hydrogen-bond donors (Lipinski definition) is 1. The van der Waals surface area contributed by atoms with Crippen molar-refractivity contribution in [1.29, 1.82) is 0 Å². The maximum Gasteiger partial charge on any atom is 0.258 e. The molecule has 15 heavy (non-hydrogen) atoms. The van der Waals surface area contributed by atoms with E-state index in [2.05, 4.69) is 0 Å². The average molecular weight is 202 g/mol. The van der Waals surface area contributed by atoms with Crippen molar-refractivity contribution < 1.29 is 9.59 Å². The van der Waals surface area contributed by atoms with Crippen molar-refractivity contribution >= 4 is 23.2 Å². The van der Waals surface area contributed by atoms with Crippen LogP contribution in [0.2, 0.25) is 0 Å². The van der Waals surface area contributed by atoms with Gasteiger partial charge < -0.3 is 5.73 Å². The summed E-state index contributed by atoms with van der Waals surface area (Å²) < 4.78 is 0. The van der Waals surface area contributed by atoms with Crippen molar-refractivity contribution in [2.75, 3.05) is 10.6 Å². The van der Waals surface area contributed by atoms with Gasteiger partial charge >= 0.3 is 0 Å². The van der Waals surface area contributed by atoms with E-state index in [9.17, 15) is 9.59 Å². The van der Waals surface area contributed by atoms with E-state index in [-0.39, 0.29) is 11.8 Å². The molecule has 0 atom stereocenters. The fourth-order valence-corrected chi connectivity index (χ4v) is 1.58. The maximum atomic E-state index is 11.4. The molecule has 1 heterocycles. The zero-order valence-corrected chi connectivity index (χ0v) is 8.23. The van der Waals surface area contributed by atoms with Crippen LogP contribution in [-0.4, -0.2) is 11.8 Å². The third kappa shape index (κ3) is 1.61. The summed E-state index contributed by atoms with van der Waals surface area (Å²) in [6, 6.07) is 5.14. The lowest BCUT2D eigenvalue weighted by Gasteiger charge is -2.14. The van der Waals surface area contributed by atoms with Crippen molar-refractivity contribution in [1.82, 2.24) is 0 Å². The molecule has 2 rings (SSSR count). The lowest BCUT2D eigenvalue weighted by atomic mass is 10.2. The van der Waals surface area contributed by atoms with Crippen LogP contribution in [-0.2, 0) is 9.59 Å². The first kappa shape index (κ1) is 9.45. The lowest BCUT2D eigenvalue weighted by molar-refractivity contribution is -0.119. The second-order valence-electron chi connectivity index (χ2n) is 3.45. The minimum absolute atomic E-state index is 0.329. The van der Waals surface area contributed by atoms with E-state index in [1.165, 1.54) is 12.2 Å². The van der Waals surface area contributed by atoms with Crippen molar-refractivity contribution in [3.8, 4) is 0 Å². The molecule has 0 fully saturated rings. The Morgan fingerprint density at radius 2 is 1.67 bits per heavy atom. The van der Waals surface area contributed by atoms with Crippen LogP contribution in [0.4, 0.5) is 11.4 Å². The largest absolute Gasteiger partial charge is 0.399 e. The molecule has 1 aromatic rings. The summed E-state index contributed by atoms with van der Waals surface area (Å²) in [5.74, 6) is -0.657. The normalized spacial score (nSPS) is 15.1. The molecule has 0 aliphatic carbocycles. The minimum atomic E-state index is -0.329. The molecule has 0 aromatic heterocycles. The molecule has 2 N–H and O–H groups in total. The Hall–Kier alpha value is -2.10. The third-order valence-electron chi connectivity index (χ3n) is 2.15. The number of anilines is 2. The number of carbonyl (C=O) groups is 2. The second kappa shape index (κ2) is 3.24. The van der Waals surface area contributed by atoms with Crippen molar-refractivity contribution in [3.05, 3.63) is 35.9 Å². The van der Waals surface area contributed by atoms with Crippen molar-refractivity contribution in [3.63, 3.8) is 0 Å². The highest BCUT2D eigenvalue weighted by atomic mass is 16.2. The quantitative estimate of drug-likeness (QED) is 0.546. The van der Waals surface area contributed by atoms with Gasteiger partial charge in [0.25, 0.3) is 11.8 Å². The Kier molecular flexibility index (Phi) is 2.04. The molecular weight excluding hydrogens is 192 g/mol. The van der Waals surface area contributed by atoms with Crippen LogP contribution in [0.1, 0.15) is 5.56 Å². The molecule has 1 aromatic carbocycles. The van der Waals surface area contributed by atoms with Gasteiger partial charge in [0.1, 0.15) is 0 Å². The summed E-state index contributed by atoms with van der Waals surface area (Å²) in [6.07, 6.45) is 2.50. The van der Waals surface area contributed by atoms with Crippen LogP contribution in [0, 0.1) is 6.92 Å². The number of carbonyl (C=O) groups excluding carboxylic acids is 2. The van der Waals surface area contributed by atoms with Crippen LogP contribution in [0.3, 0.4) is 0 Å². The van der Waals surface area contributed by atoms with E-state index in [1.807, 2.05) is 6.92 Å². The molecule has 4 heteroatoms. The smallest absolute Gasteiger partial charge is 0.258 e. The van der Waals surface area contributed by atoms with Gasteiger partial charge in [0.05, 0.1) is 5.69 Å². The first-order valence-corrected chi connectivity index (χ1v) is 4.51. The Balaban J connectivity index is 2.46. The highest BCUT2D eigenvalue weighted by Crippen LogP contribution is 2.23. The zero-order chi connectivity index (χ0) is 11.0. The van der Waals surface area contributed by atoms with Gasteiger partial charge in [-0.2, -0.15) is 0 Å². The first-order chi connectivity index (χ1) is 7.08. The summed E-state index contributed by atoms with van der Waals surface area (Å²) in [4.78, 5) is 23.9. The Labute approximate surface area is 87.0 Å². The van der Waals surface area contributed by atoms with Crippen LogP contribution < -0.4 is 10.6 Å². The van der Waals surface area contributed by atoms with Gasteiger partial charge in [-0.05, 0) is 30.7 Å². The summed E-state index contributed by atoms with van der Waals surface area (Å²) in [5, 5.41) is 0. The van der Waals surface area contributed by atoms with E-state index in [0.29, 0.717) is 11.4 Å². The summed E-state index contributed by atoms with van der Waals surface area (Å²) >= 11 is 0. The summed E-state index contributed by atoms with van der Waals surface area (Å²) in [6.45, 7) is 1.86. The molecule has 0 saturated carbocycles. The van der Waals surface area contributed by atoms with Gasteiger partial charge in [-0.1, -0.05) is 0 Å². The lowest BCUT2D eigenvalue weighted by Crippen LogP contribution is -2.29. The van der Waals surface area contributed by atoms with E-state index < -0.39 is 0 Å². The Morgan fingerprint density at radius 1 is 1.07 bits per heavy atom. The molecule has 0 radical (unpaired) electrons. The fourth-order valence-electron chi connectivity index (χ4n) is 1.58. The molecule has 1 aliphatic heterocycles. The Bertz CT molecular complexity index is 439. The molecule has 0 saturated heterocycles. The van der Waals surface area contributed by atoms with Crippen LogP contribution in [0.15, 0.2) is 30.4 Å². The van der Waals surface area contributed by atoms with Crippen LogP contribution in [0.25, 0.3) is 0 Å². The number of nitrogens with two attached hydrogens (primary N) is 1. The van der Waals surface area contributed by atoms with E-state index in [0.717, 1.165) is 10.5 Å². The summed E-state index contributed by atoms with van der Waals surface area (Å²) in [5.41, 5.74) is 7.62. The fraction of sp³-hybridized carbons (Fsp3) is 0.0909. The monoisotopic (exact) mass is 202 g/mol. The number of nitrogens with zero attached hydrogens (tertiary/aromatic N) is 1. The summed E-state index contributed by atoms with van der Waals surface area (Å²) in [7, 11) is 0. The number of aryl methyl sites for hydroxylation is 1. The molecular formula is C11H10N2O2. The highest BCUT2D eigenvalue weighted by Gasteiger charge is 2.25. The number of benzene rings is 1. The second-order valence-corrected chi connectivity index (χ2v) is 3.45. The SMILES string of the molecule is Cc1cc(N)cc(N2C(=O)C=CC2=O)c1. The standard InChI is InChI=1S/C11H10N2O2/c1-7-4-8(12)6-9(5-7)13-10(14)2-3-11(13)15/h2-6H,12H2,1H3. The van der Waals surface area contributed by atoms with Gasteiger partial charge in [0, 0.05) is 17.8 Å². The maximum absolute atomic E-state index is 11.4. The van der Waals surface area contributed by atoms with Gasteiger partial charge in [0.15, 0.2) is 0 Å². The van der Waals surface area contributed by atoms with E-state index >= 15 is 0 Å². The van der Waals surface area contributed by atoms with Crippen LogP contribution >= 0.6 is 0 Å². The molecule has 76 valence electrons. The number of rotatable bonds is 1. The first-order valence-electron chi connectivity index (χ1n) is 4.51. The van der Waals surface area contributed by atoms with E-state index in [4.69, 9.17) is 5.73 Å².